The Morgan fingerprint density at radius 2 is 1.88 bits per heavy atom. The molecule has 0 N–H and O–H groups in total. The maximum absolute atomic E-state index is 12.5. The highest BCUT2D eigenvalue weighted by Gasteiger charge is 2.24. The Balaban J connectivity index is 1.46. The normalized spacial score (nSPS) is 15.1. The highest BCUT2D eigenvalue weighted by molar-refractivity contribution is 7.09. The van der Waals surface area contributed by atoms with Crippen molar-refractivity contribution < 1.29 is 9.59 Å². The smallest absolute Gasteiger partial charge is 0.253 e. The van der Waals surface area contributed by atoms with E-state index in [-0.39, 0.29) is 11.8 Å². The van der Waals surface area contributed by atoms with Gasteiger partial charge in [-0.15, -0.1) is 11.3 Å². The summed E-state index contributed by atoms with van der Waals surface area (Å²) < 4.78 is 0. The third kappa shape index (κ3) is 4.49. The molecule has 1 aliphatic heterocycles. The van der Waals surface area contributed by atoms with Gasteiger partial charge < -0.3 is 9.80 Å². The van der Waals surface area contributed by atoms with Crippen LogP contribution in [0.4, 0.5) is 0 Å². The summed E-state index contributed by atoms with van der Waals surface area (Å²) in [5.74, 6) is 0.715. The third-order valence-corrected chi connectivity index (χ3v) is 5.82. The molecule has 3 rings (SSSR count). The first-order valence-corrected chi connectivity index (χ1v) is 9.90. The van der Waals surface area contributed by atoms with Crippen molar-refractivity contribution in [2.45, 2.75) is 31.6 Å². The Morgan fingerprint density at radius 1 is 1.19 bits per heavy atom. The Kier molecular flexibility index (Phi) is 6.04. The van der Waals surface area contributed by atoms with Crippen molar-refractivity contribution in [3.8, 4) is 0 Å². The fourth-order valence-corrected chi connectivity index (χ4v) is 4.10. The Morgan fingerprint density at radius 3 is 2.46 bits per heavy atom. The summed E-state index contributed by atoms with van der Waals surface area (Å²) in [6.45, 7) is 1.64. The molecule has 6 heteroatoms. The van der Waals surface area contributed by atoms with Crippen molar-refractivity contribution in [2.24, 2.45) is 0 Å². The van der Waals surface area contributed by atoms with Crippen LogP contribution in [-0.4, -0.2) is 53.8 Å². The van der Waals surface area contributed by atoms with E-state index in [0.717, 1.165) is 31.5 Å². The zero-order chi connectivity index (χ0) is 18.5. The van der Waals surface area contributed by atoms with Crippen molar-refractivity contribution >= 4 is 23.2 Å². The number of amides is 2. The van der Waals surface area contributed by atoms with E-state index in [0.29, 0.717) is 24.3 Å². The molecule has 5 nitrogen and oxygen atoms in total. The molecule has 0 spiro atoms. The van der Waals surface area contributed by atoms with Crippen molar-refractivity contribution in [3.05, 3.63) is 52.0 Å². The molecule has 1 aromatic carbocycles. The monoisotopic (exact) mass is 371 g/mol. The van der Waals surface area contributed by atoms with E-state index < -0.39 is 0 Å². The van der Waals surface area contributed by atoms with Crippen molar-refractivity contribution in [1.82, 2.24) is 14.8 Å². The second kappa shape index (κ2) is 8.45. The molecule has 1 saturated heterocycles. The summed E-state index contributed by atoms with van der Waals surface area (Å²) in [6, 6.07) is 7.56. The van der Waals surface area contributed by atoms with Gasteiger partial charge in [0.05, 0.1) is 5.01 Å². The molecule has 2 heterocycles. The van der Waals surface area contributed by atoms with E-state index >= 15 is 0 Å². The molecule has 0 unspecified atom stereocenters. The molecule has 1 fully saturated rings. The molecule has 0 atom stereocenters. The largest absolute Gasteiger partial charge is 0.345 e. The highest BCUT2D eigenvalue weighted by Crippen LogP contribution is 2.29. The first-order chi connectivity index (χ1) is 12.5. The van der Waals surface area contributed by atoms with Crippen LogP contribution in [0.25, 0.3) is 0 Å². The number of piperidine rings is 1. The first-order valence-electron chi connectivity index (χ1n) is 9.02. The van der Waals surface area contributed by atoms with Gasteiger partial charge in [0.2, 0.25) is 5.91 Å². The molecule has 138 valence electrons. The van der Waals surface area contributed by atoms with Gasteiger partial charge in [-0.2, -0.15) is 0 Å². The topological polar surface area (TPSA) is 53.5 Å². The minimum Gasteiger partial charge on any atom is -0.345 e. The zero-order valence-corrected chi connectivity index (χ0v) is 16.2. The highest BCUT2D eigenvalue weighted by atomic mass is 32.1. The molecule has 0 aliphatic carbocycles. The predicted octanol–water partition coefficient (Wildman–Crippen LogP) is 3.18. The maximum Gasteiger partial charge on any atom is 0.253 e. The van der Waals surface area contributed by atoms with E-state index in [1.54, 1.807) is 30.3 Å². The second-order valence-electron chi connectivity index (χ2n) is 6.92. The van der Waals surface area contributed by atoms with Gasteiger partial charge in [-0.05, 0) is 37.0 Å². The van der Waals surface area contributed by atoms with Gasteiger partial charge in [-0.25, -0.2) is 4.98 Å². The molecule has 1 aromatic heterocycles. The number of benzene rings is 1. The number of nitrogens with zero attached hydrogens (tertiary/aromatic N) is 3. The molecule has 26 heavy (non-hydrogen) atoms. The Labute approximate surface area is 158 Å². The quantitative estimate of drug-likeness (QED) is 0.811. The number of carbonyl (C=O) groups excluding carboxylic acids is 2. The zero-order valence-electron chi connectivity index (χ0n) is 15.4. The third-order valence-electron chi connectivity index (χ3n) is 4.88. The number of rotatable bonds is 5. The average Bonchev–Trinajstić information content (AvgIpc) is 3.21. The molecule has 2 amide bonds. The van der Waals surface area contributed by atoms with Gasteiger partial charge in [0.15, 0.2) is 0 Å². The lowest BCUT2D eigenvalue weighted by Gasteiger charge is -2.31. The van der Waals surface area contributed by atoms with E-state index in [1.807, 2.05) is 40.7 Å². The molecule has 0 bridgehead atoms. The lowest BCUT2D eigenvalue weighted by atomic mass is 9.97. The van der Waals surface area contributed by atoms with Crippen LogP contribution in [0.1, 0.15) is 46.1 Å². The van der Waals surface area contributed by atoms with E-state index in [1.165, 1.54) is 5.01 Å². The number of aryl methyl sites for hydroxylation is 1. The van der Waals surface area contributed by atoms with Gasteiger partial charge in [0.25, 0.3) is 5.91 Å². The standard InChI is InChI=1S/C20H25N3O2S/c1-22(2)20(25)17-6-3-15(4-7-17)5-8-18(24)23-12-9-16(10-13-23)19-21-11-14-26-19/h3-4,6-7,11,14,16H,5,8-10,12-13H2,1-2H3. The molecule has 0 saturated carbocycles. The van der Waals surface area contributed by atoms with Gasteiger partial charge in [0, 0.05) is 56.7 Å². The molecular formula is C20H25N3O2S. The Hall–Kier alpha value is -2.21. The van der Waals surface area contributed by atoms with Crippen LogP contribution in [0, 0.1) is 0 Å². The van der Waals surface area contributed by atoms with Gasteiger partial charge in [-0.1, -0.05) is 12.1 Å². The number of aromatic nitrogens is 1. The van der Waals surface area contributed by atoms with Crippen LogP contribution in [0.2, 0.25) is 0 Å². The fourth-order valence-electron chi connectivity index (χ4n) is 3.29. The van der Waals surface area contributed by atoms with Crippen molar-refractivity contribution in [2.75, 3.05) is 27.2 Å². The summed E-state index contributed by atoms with van der Waals surface area (Å²) in [4.78, 5) is 32.3. The minimum atomic E-state index is -0.00396. The lowest BCUT2D eigenvalue weighted by Crippen LogP contribution is -2.38. The molecule has 2 aromatic rings. The number of likely N-dealkylation sites (tertiary alicyclic amines) is 1. The van der Waals surface area contributed by atoms with Gasteiger partial charge >= 0.3 is 0 Å². The van der Waals surface area contributed by atoms with E-state index in [4.69, 9.17) is 0 Å². The van der Waals surface area contributed by atoms with Gasteiger partial charge in [-0.3, -0.25) is 9.59 Å². The summed E-state index contributed by atoms with van der Waals surface area (Å²) in [5, 5.41) is 3.22. The number of hydrogen-bond donors (Lipinski definition) is 0. The SMILES string of the molecule is CN(C)C(=O)c1ccc(CCC(=O)N2CCC(c3nccs3)CC2)cc1. The van der Waals surface area contributed by atoms with Crippen LogP contribution in [0.3, 0.4) is 0 Å². The van der Waals surface area contributed by atoms with Crippen LogP contribution in [0.15, 0.2) is 35.8 Å². The van der Waals surface area contributed by atoms with Crippen LogP contribution in [-0.2, 0) is 11.2 Å². The van der Waals surface area contributed by atoms with Crippen LogP contribution >= 0.6 is 11.3 Å². The van der Waals surface area contributed by atoms with E-state index in [2.05, 4.69) is 4.98 Å². The van der Waals surface area contributed by atoms with Crippen molar-refractivity contribution in [3.63, 3.8) is 0 Å². The summed E-state index contributed by atoms with van der Waals surface area (Å²) in [6.07, 6.45) is 5.08. The van der Waals surface area contributed by atoms with Crippen LogP contribution in [0.5, 0.6) is 0 Å². The average molecular weight is 372 g/mol. The van der Waals surface area contributed by atoms with E-state index in [9.17, 15) is 9.59 Å². The Bertz CT molecular complexity index is 733. The number of hydrogen-bond acceptors (Lipinski definition) is 4. The molecule has 1 aliphatic rings. The molecule has 0 radical (unpaired) electrons. The lowest BCUT2D eigenvalue weighted by molar-refractivity contribution is -0.132. The second-order valence-corrected chi connectivity index (χ2v) is 7.85. The maximum atomic E-state index is 12.5. The minimum absolute atomic E-state index is 0.00396. The fraction of sp³-hybridized carbons (Fsp3) is 0.450. The summed E-state index contributed by atoms with van der Waals surface area (Å²) >= 11 is 1.71. The first kappa shape index (κ1) is 18.6. The van der Waals surface area contributed by atoms with Crippen LogP contribution < -0.4 is 0 Å². The number of carbonyl (C=O) groups is 2. The van der Waals surface area contributed by atoms with Gasteiger partial charge in [0.1, 0.15) is 0 Å². The summed E-state index contributed by atoms with van der Waals surface area (Å²) in [5.41, 5.74) is 1.76. The number of thiazole rings is 1. The predicted molar refractivity (Wildman–Crippen MR) is 103 cm³/mol. The molecular weight excluding hydrogens is 346 g/mol. The summed E-state index contributed by atoms with van der Waals surface area (Å²) in [7, 11) is 3.49. The van der Waals surface area contributed by atoms with Crippen molar-refractivity contribution in [1.29, 1.82) is 0 Å².